The zero-order chi connectivity index (χ0) is 30.5. The van der Waals surface area contributed by atoms with Crippen LogP contribution in [0, 0.1) is 0 Å². The lowest BCUT2D eigenvalue weighted by Crippen LogP contribution is -2.53. The number of fused-ring (bicyclic) bond motifs is 1. The number of rotatable bonds is 15. The number of amides is 3. The highest BCUT2D eigenvalue weighted by Crippen LogP contribution is 2.20. The SMILES string of the molecule is CCCCCC(NC(=O)C(=O)c1ccccc1NC(=O)c1ccc2ccccc2c1)C(=O)NC(CCCN)C(=O)OC. The van der Waals surface area contributed by atoms with Crippen molar-refractivity contribution in [3.05, 3.63) is 77.9 Å². The second-order valence-corrected chi connectivity index (χ2v) is 9.93. The van der Waals surface area contributed by atoms with Crippen LogP contribution in [0.5, 0.6) is 0 Å². The molecule has 0 spiro atoms. The van der Waals surface area contributed by atoms with Crippen LogP contribution in [0.4, 0.5) is 5.69 Å². The number of hydrogen-bond acceptors (Lipinski definition) is 7. The number of para-hydroxylation sites is 1. The Morgan fingerprint density at radius 1 is 0.810 bits per heavy atom. The molecule has 0 heterocycles. The predicted octanol–water partition coefficient (Wildman–Crippen LogP) is 3.74. The van der Waals surface area contributed by atoms with Crippen molar-refractivity contribution in [3.63, 3.8) is 0 Å². The number of benzene rings is 3. The Morgan fingerprint density at radius 2 is 1.50 bits per heavy atom. The molecule has 0 aliphatic heterocycles. The van der Waals surface area contributed by atoms with E-state index >= 15 is 0 Å². The van der Waals surface area contributed by atoms with Gasteiger partial charge in [-0.15, -0.1) is 0 Å². The van der Waals surface area contributed by atoms with Crippen molar-refractivity contribution in [1.82, 2.24) is 10.6 Å². The maximum absolute atomic E-state index is 13.3. The average molecular weight is 575 g/mol. The number of methoxy groups -OCH3 is 1. The third-order valence-electron chi connectivity index (χ3n) is 6.86. The molecule has 2 atom stereocenters. The number of nitrogens with two attached hydrogens (primary N) is 1. The second kappa shape index (κ2) is 16.0. The van der Waals surface area contributed by atoms with E-state index in [4.69, 9.17) is 10.5 Å². The van der Waals surface area contributed by atoms with Gasteiger partial charge in [0.1, 0.15) is 12.1 Å². The molecule has 0 fully saturated rings. The molecule has 222 valence electrons. The first-order valence-electron chi connectivity index (χ1n) is 14.1. The summed E-state index contributed by atoms with van der Waals surface area (Å²) in [6.07, 6.45) is 3.33. The van der Waals surface area contributed by atoms with Gasteiger partial charge in [0.25, 0.3) is 17.6 Å². The summed E-state index contributed by atoms with van der Waals surface area (Å²) in [5, 5.41) is 9.76. The molecule has 3 aromatic carbocycles. The Bertz CT molecular complexity index is 1420. The van der Waals surface area contributed by atoms with Gasteiger partial charge in [-0.2, -0.15) is 0 Å². The fourth-order valence-corrected chi connectivity index (χ4v) is 4.51. The maximum atomic E-state index is 13.3. The van der Waals surface area contributed by atoms with Gasteiger partial charge in [0.15, 0.2) is 0 Å². The van der Waals surface area contributed by atoms with Crippen LogP contribution in [-0.2, 0) is 19.1 Å². The van der Waals surface area contributed by atoms with Gasteiger partial charge in [0.05, 0.1) is 18.4 Å². The number of unbranched alkanes of at least 4 members (excludes halogenated alkanes) is 2. The summed E-state index contributed by atoms with van der Waals surface area (Å²) < 4.78 is 4.79. The molecule has 0 aliphatic rings. The van der Waals surface area contributed by atoms with Crippen LogP contribution in [0.25, 0.3) is 10.8 Å². The Kier molecular flexibility index (Phi) is 12.2. The number of esters is 1. The maximum Gasteiger partial charge on any atom is 0.328 e. The fraction of sp³-hybridized carbons (Fsp3) is 0.344. The molecule has 0 saturated heterocycles. The second-order valence-electron chi connectivity index (χ2n) is 9.93. The zero-order valence-electron chi connectivity index (χ0n) is 24.0. The molecule has 3 amide bonds. The van der Waals surface area contributed by atoms with Crippen molar-refractivity contribution < 1.29 is 28.7 Å². The topological polar surface area (TPSA) is 157 Å². The van der Waals surface area contributed by atoms with E-state index in [0.717, 1.165) is 23.6 Å². The van der Waals surface area contributed by atoms with Crippen LogP contribution in [0.2, 0.25) is 0 Å². The number of Topliss-reactive ketones (excluding diaryl/α,β-unsaturated/α-hetero) is 1. The van der Waals surface area contributed by atoms with Crippen LogP contribution in [0.1, 0.15) is 66.2 Å². The van der Waals surface area contributed by atoms with Crippen molar-refractivity contribution in [2.75, 3.05) is 19.0 Å². The van der Waals surface area contributed by atoms with Crippen LogP contribution in [0.15, 0.2) is 66.7 Å². The number of carbonyl (C=O) groups excluding carboxylic acids is 5. The van der Waals surface area contributed by atoms with E-state index < -0.39 is 41.6 Å². The van der Waals surface area contributed by atoms with Gasteiger partial charge in [0, 0.05) is 5.56 Å². The normalized spacial score (nSPS) is 12.2. The zero-order valence-corrected chi connectivity index (χ0v) is 24.0. The predicted molar refractivity (Wildman–Crippen MR) is 161 cm³/mol. The summed E-state index contributed by atoms with van der Waals surface area (Å²) in [5.41, 5.74) is 6.09. The molecule has 10 heteroatoms. The van der Waals surface area contributed by atoms with E-state index in [-0.39, 0.29) is 24.1 Å². The third-order valence-corrected chi connectivity index (χ3v) is 6.86. The smallest absolute Gasteiger partial charge is 0.328 e. The fourth-order valence-electron chi connectivity index (χ4n) is 4.51. The van der Waals surface area contributed by atoms with Crippen molar-refractivity contribution in [2.45, 2.75) is 57.5 Å². The van der Waals surface area contributed by atoms with Crippen molar-refractivity contribution in [1.29, 1.82) is 0 Å². The Hall–Kier alpha value is -4.57. The van der Waals surface area contributed by atoms with Crippen LogP contribution in [0.3, 0.4) is 0 Å². The molecular formula is C32H38N4O6. The van der Waals surface area contributed by atoms with Crippen molar-refractivity contribution in [2.24, 2.45) is 5.73 Å². The van der Waals surface area contributed by atoms with Gasteiger partial charge in [-0.05, 0) is 60.8 Å². The minimum atomic E-state index is -1.06. The van der Waals surface area contributed by atoms with E-state index in [0.29, 0.717) is 24.9 Å². The molecule has 5 N–H and O–H groups in total. The summed E-state index contributed by atoms with van der Waals surface area (Å²) >= 11 is 0. The number of carbonyl (C=O) groups is 5. The standard InChI is InChI=1S/C32H38N4O6/c1-3-4-5-15-26(30(39)36-27(16-10-19-33)32(41)42-2)35-31(40)28(37)24-13-8-9-14-25(24)34-29(38)23-18-17-21-11-6-7-12-22(21)20-23/h6-9,11-14,17-18,20,26-27H,3-5,10,15-16,19,33H2,1-2H3,(H,34,38)(H,35,40)(H,36,39). The molecule has 3 aromatic rings. The highest BCUT2D eigenvalue weighted by molar-refractivity contribution is 6.44. The summed E-state index contributed by atoms with van der Waals surface area (Å²) in [4.78, 5) is 64.8. The molecule has 3 rings (SSSR count). The number of anilines is 1. The Labute approximate surface area is 245 Å². The minimum absolute atomic E-state index is 0.0211. The van der Waals surface area contributed by atoms with Gasteiger partial charge < -0.3 is 26.4 Å². The minimum Gasteiger partial charge on any atom is -0.467 e. The molecule has 0 saturated carbocycles. The highest BCUT2D eigenvalue weighted by Gasteiger charge is 2.29. The summed E-state index contributed by atoms with van der Waals surface area (Å²) in [5.74, 6) is -3.58. The van der Waals surface area contributed by atoms with Crippen LogP contribution < -0.4 is 21.7 Å². The van der Waals surface area contributed by atoms with Crippen molar-refractivity contribution in [3.8, 4) is 0 Å². The van der Waals surface area contributed by atoms with Gasteiger partial charge >= 0.3 is 5.97 Å². The van der Waals surface area contributed by atoms with E-state index in [2.05, 4.69) is 16.0 Å². The lowest BCUT2D eigenvalue weighted by atomic mass is 10.0. The number of hydrogen-bond donors (Lipinski definition) is 4. The average Bonchev–Trinajstić information content (AvgIpc) is 3.01. The third kappa shape index (κ3) is 8.71. The van der Waals surface area contributed by atoms with Gasteiger partial charge in [-0.3, -0.25) is 19.2 Å². The summed E-state index contributed by atoms with van der Waals surface area (Å²) in [6.45, 7) is 2.33. The molecule has 42 heavy (non-hydrogen) atoms. The van der Waals surface area contributed by atoms with Crippen molar-refractivity contribution >= 4 is 45.9 Å². The lowest BCUT2D eigenvalue weighted by Gasteiger charge is -2.22. The number of nitrogens with one attached hydrogen (secondary N) is 3. The number of ketones is 1. The highest BCUT2D eigenvalue weighted by atomic mass is 16.5. The largest absolute Gasteiger partial charge is 0.467 e. The van der Waals surface area contributed by atoms with E-state index in [9.17, 15) is 24.0 Å². The molecule has 0 radical (unpaired) electrons. The van der Waals surface area contributed by atoms with E-state index in [1.54, 1.807) is 24.3 Å². The monoisotopic (exact) mass is 574 g/mol. The summed E-state index contributed by atoms with van der Waals surface area (Å²) in [6, 6.07) is 17.1. The summed E-state index contributed by atoms with van der Waals surface area (Å²) in [7, 11) is 1.22. The molecule has 0 aromatic heterocycles. The van der Waals surface area contributed by atoms with Crippen LogP contribution in [-0.4, -0.2) is 55.2 Å². The first-order chi connectivity index (χ1) is 20.3. The molecule has 0 aliphatic carbocycles. The Morgan fingerprint density at radius 3 is 2.21 bits per heavy atom. The Balaban J connectivity index is 1.76. The van der Waals surface area contributed by atoms with Gasteiger partial charge in [-0.1, -0.05) is 68.7 Å². The van der Waals surface area contributed by atoms with Gasteiger partial charge in [-0.25, -0.2) is 4.79 Å². The molecular weight excluding hydrogens is 536 g/mol. The van der Waals surface area contributed by atoms with Gasteiger partial charge in [0.2, 0.25) is 5.91 Å². The molecule has 0 bridgehead atoms. The first kappa shape index (κ1) is 32.0. The molecule has 2 unspecified atom stereocenters. The quantitative estimate of drug-likeness (QED) is 0.0932. The van der Waals surface area contributed by atoms with E-state index in [1.807, 2.05) is 37.3 Å². The number of ether oxygens (including phenoxy) is 1. The van der Waals surface area contributed by atoms with E-state index in [1.165, 1.54) is 19.2 Å². The first-order valence-corrected chi connectivity index (χ1v) is 14.1. The lowest BCUT2D eigenvalue weighted by molar-refractivity contribution is -0.145. The van der Waals surface area contributed by atoms with Crippen LogP contribution >= 0.6 is 0 Å². The molecule has 10 nitrogen and oxygen atoms in total.